The number of carboxylic acid groups (broad SMARTS) is 1. The standard InChI is InChI=1S/C14H14F3NO3/c1-8(14(15,16)17)12(19)18-7-6-9-4-2-3-5-10(9)11(18)13(20)21/h2-5,8,11H,6-7H2,1H3,(H,20,21). The summed E-state index contributed by atoms with van der Waals surface area (Å²) in [6.07, 6.45) is -4.34. The molecule has 2 rings (SSSR count). The highest BCUT2D eigenvalue weighted by Gasteiger charge is 2.46. The van der Waals surface area contributed by atoms with E-state index in [1.165, 1.54) is 6.07 Å². The van der Waals surface area contributed by atoms with Crippen LogP contribution >= 0.6 is 0 Å². The SMILES string of the molecule is CC(C(=O)N1CCc2ccccc2C1C(=O)O)C(F)(F)F. The Morgan fingerprint density at radius 1 is 1.33 bits per heavy atom. The fourth-order valence-corrected chi connectivity index (χ4v) is 2.46. The molecule has 1 aromatic carbocycles. The Bertz CT molecular complexity index is 571. The van der Waals surface area contributed by atoms with Crippen molar-refractivity contribution in [1.29, 1.82) is 0 Å². The van der Waals surface area contributed by atoms with Gasteiger partial charge in [-0.3, -0.25) is 4.79 Å². The van der Waals surface area contributed by atoms with Crippen molar-refractivity contribution in [1.82, 2.24) is 4.90 Å². The Morgan fingerprint density at radius 2 is 1.95 bits per heavy atom. The molecule has 114 valence electrons. The first kappa shape index (κ1) is 15.3. The van der Waals surface area contributed by atoms with Crippen molar-refractivity contribution in [2.45, 2.75) is 25.6 Å². The third kappa shape index (κ3) is 2.86. The summed E-state index contributed by atoms with van der Waals surface area (Å²) >= 11 is 0. The number of amides is 1. The van der Waals surface area contributed by atoms with Crippen molar-refractivity contribution >= 4 is 11.9 Å². The number of alkyl halides is 3. The maximum Gasteiger partial charge on any atom is 0.400 e. The van der Waals surface area contributed by atoms with Crippen molar-refractivity contribution in [2.24, 2.45) is 5.92 Å². The quantitative estimate of drug-likeness (QED) is 0.912. The molecule has 2 atom stereocenters. The summed E-state index contributed by atoms with van der Waals surface area (Å²) in [6.45, 7) is 0.717. The molecule has 0 radical (unpaired) electrons. The van der Waals surface area contributed by atoms with Crippen molar-refractivity contribution in [2.75, 3.05) is 6.54 Å². The van der Waals surface area contributed by atoms with Gasteiger partial charge in [-0.2, -0.15) is 13.2 Å². The minimum absolute atomic E-state index is 0.0345. The highest BCUT2D eigenvalue weighted by atomic mass is 19.4. The fraction of sp³-hybridized carbons (Fsp3) is 0.429. The van der Waals surface area contributed by atoms with Gasteiger partial charge in [0.25, 0.3) is 0 Å². The molecule has 1 N–H and O–H groups in total. The van der Waals surface area contributed by atoms with Gasteiger partial charge in [-0.05, 0) is 24.5 Å². The molecular weight excluding hydrogens is 287 g/mol. The number of benzene rings is 1. The summed E-state index contributed by atoms with van der Waals surface area (Å²) < 4.78 is 38.1. The van der Waals surface area contributed by atoms with Crippen LogP contribution in [0.1, 0.15) is 24.1 Å². The number of carbonyl (C=O) groups is 2. The molecule has 7 heteroatoms. The van der Waals surface area contributed by atoms with Gasteiger partial charge >= 0.3 is 12.1 Å². The number of rotatable bonds is 2. The lowest BCUT2D eigenvalue weighted by molar-refractivity contribution is -0.189. The van der Waals surface area contributed by atoms with Crippen LogP contribution in [0, 0.1) is 5.92 Å². The van der Waals surface area contributed by atoms with Gasteiger partial charge in [0.2, 0.25) is 5.91 Å². The van der Waals surface area contributed by atoms with E-state index in [0.29, 0.717) is 12.0 Å². The summed E-state index contributed by atoms with van der Waals surface area (Å²) in [5.74, 6) is -4.75. The lowest BCUT2D eigenvalue weighted by Gasteiger charge is -2.36. The Balaban J connectivity index is 2.37. The molecule has 1 heterocycles. The Labute approximate surface area is 119 Å². The highest BCUT2D eigenvalue weighted by molar-refractivity contribution is 5.87. The van der Waals surface area contributed by atoms with E-state index in [2.05, 4.69) is 0 Å². The number of nitrogens with zero attached hydrogens (tertiary/aromatic N) is 1. The third-order valence-electron chi connectivity index (χ3n) is 3.66. The van der Waals surface area contributed by atoms with Gasteiger partial charge in [-0.15, -0.1) is 0 Å². The molecule has 4 nitrogen and oxygen atoms in total. The van der Waals surface area contributed by atoms with E-state index < -0.39 is 30.0 Å². The molecule has 1 amide bonds. The lowest BCUT2D eigenvalue weighted by atomic mass is 9.91. The Morgan fingerprint density at radius 3 is 2.52 bits per heavy atom. The number of carbonyl (C=O) groups excluding carboxylic acids is 1. The summed E-state index contributed by atoms with van der Waals surface area (Å²) in [5, 5.41) is 9.31. The minimum atomic E-state index is -4.68. The largest absolute Gasteiger partial charge is 0.479 e. The number of carboxylic acids is 1. The Hall–Kier alpha value is -2.05. The van der Waals surface area contributed by atoms with Crippen molar-refractivity contribution in [3.05, 3.63) is 35.4 Å². The molecule has 0 fully saturated rings. The van der Waals surface area contributed by atoms with Crippen LogP contribution in [-0.2, 0) is 16.0 Å². The second-order valence-corrected chi connectivity index (χ2v) is 4.98. The molecular formula is C14H14F3NO3. The second-order valence-electron chi connectivity index (χ2n) is 4.98. The summed E-state index contributed by atoms with van der Waals surface area (Å²) in [5.41, 5.74) is 1.12. The number of aliphatic carboxylic acids is 1. The number of hydrogen-bond donors (Lipinski definition) is 1. The smallest absolute Gasteiger partial charge is 0.400 e. The van der Waals surface area contributed by atoms with E-state index in [0.717, 1.165) is 17.4 Å². The predicted octanol–water partition coefficient (Wildman–Crippen LogP) is 2.40. The molecule has 2 unspecified atom stereocenters. The van der Waals surface area contributed by atoms with Gasteiger partial charge in [-0.1, -0.05) is 24.3 Å². The Kier molecular flexibility index (Phi) is 3.93. The van der Waals surface area contributed by atoms with Crippen LogP contribution in [0.3, 0.4) is 0 Å². The minimum Gasteiger partial charge on any atom is -0.479 e. The number of fused-ring (bicyclic) bond motifs is 1. The van der Waals surface area contributed by atoms with Crippen LogP contribution < -0.4 is 0 Å². The van der Waals surface area contributed by atoms with E-state index in [9.17, 15) is 27.9 Å². The molecule has 1 aliphatic rings. The summed E-state index contributed by atoms with van der Waals surface area (Å²) in [7, 11) is 0. The van der Waals surface area contributed by atoms with Gasteiger partial charge in [0.1, 0.15) is 5.92 Å². The number of halogens is 3. The van der Waals surface area contributed by atoms with E-state index in [-0.39, 0.29) is 6.54 Å². The first-order valence-corrected chi connectivity index (χ1v) is 6.41. The normalized spacial score (nSPS) is 19.8. The average Bonchev–Trinajstić information content (AvgIpc) is 2.43. The predicted molar refractivity (Wildman–Crippen MR) is 67.5 cm³/mol. The molecule has 0 aliphatic carbocycles. The maximum atomic E-state index is 12.7. The maximum absolute atomic E-state index is 12.7. The van der Waals surface area contributed by atoms with Crippen LogP contribution in [0.2, 0.25) is 0 Å². The van der Waals surface area contributed by atoms with E-state index in [1.807, 2.05) is 0 Å². The van der Waals surface area contributed by atoms with Crippen LogP contribution in [0.5, 0.6) is 0 Å². The van der Waals surface area contributed by atoms with Crippen LogP contribution in [0.4, 0.5) is 13.2 Å². The molecule has 0 saturated carbocycles. The van der Waals surface area contributed by atoms with Crippen molar-refractivity contribution in [3.63, 3.8) is 0 Å². The first-order valence-electron chi connectivity index (χ1n) is 6.41. The van der Waals surface area contributed by atoms with Gasteiger partial charge in [0.05, 0.1) is 0 Å². The zero-order chi connectivity index (χ0) is 15.8. The molecule has 0 aromatic heterocycles. The lowest BCUT2D eigenvalue weighted by Crippen LogP contribution is -2.48. The molecule has 0 saturated heterocycles. The fourth-order valence-electron chi connectivity index (χ4n) is 2.46. The van der Waals surface area contributed by atoms with E-state index >= 15 is 0 Å². The summed E-state index contributed by atoms with van der Waals surface area (Å²) in [6, 6.07) is 5.22. The van der Waals surface area contributed by atoms with Crippen LogP contribution in [0.25, 0.3) is 0 Å². The van der Waals surface area contributed by atoms with Crippen molar-refractivity contribution < 1.29 is 27.9 Å². The molecule has 1 aromatic rings. The number of hydrogen-bond acceptors (Lipinski definition) is 2. The third-order valence-corrected chi connectivity index (χ3v) is 3.66. The molecule has 0 bridgehead atoms. The second kappa shape index (κ2) is 5.38. The van der Waals surface area contributed by atoms with Crippen LogP contribution in [-0.4, -0.2) is 34.6 Å². The highest BCUT2D eigenvalue weighted by Crippen LogP contribution is 2.34. The molecule has 1 aliphatic heterocycles. The van der Waals surface area contributed by atoms with Gasteiger partial charge in [-0.25, -0.2) is 4.79 Å². The van der Waals surface area contributed by atoms with Crippen molar-refractivity contribution in [3.8, 4) is 0 Å². The molecule has 0 spiro atoms. The zero-order valence-corrected chi connectivity index (χ0v) is 11.2. The topological polar surface area (TPSA) is 57.6 Å². The van der Waals surface area contributed by atoms with Crippen LogP contribution in [0.15, 0.2) is 24.3 Å². The van der Waals surface area contributed by atoms with Gasteiger partial charge < -0.3 is 10.0 Å². The van der Waals surface area contributed by atoms with E-state index in [4.69, 9.17) is 0 Å². The zero-order valence-electron chi connectivity index (χ0n) is 11.2. The van der Waals surface area contributed by atoms with Gasteiger partial charge in [0.15, 0.2) is 6.04 Å². The van der Waals surface area contributed by atoms with Gasteiger partial charge in [0, 0.05) is 6.54 Å². The molecule has 21 heavy (non-hydrogen) atoms. The van der Waals surface area contributed by atoms with E-state index in [1.54, 1.807) is 18.2 Å². The first-order chi connectivity index (χ1) is 9.73. The average molecular weight is 301 g/mol. The monoisotopic (exact) mass is 301 g/mol. The summed E-state index contributed by atoms with van der Waals surface area (Å²) in [4.78, 5) is 24.2.